The Kier molecular flexibility index (Phi) is 7.42. The Morgan fingerprint density at radius 3 is 2.57 bits per heavy atom. The minimum absolute atomic E-state index is 0.00987. The number of hydrogen-bond acceptors (Lipinski definition) is 4. The molecule has 0 heterocycles. The van der Waals surface area contributed by atoms with Crippen molar-refractivity contribution < 1.29 is 19.4 Å². The van der Waals surface area contributed by atoms with E-state index in [9.17, 15) is 9.59 Å². The average molecular weight is 294 g/mol. The zero-order valence-electron chi connectivity index (χ0n) is 12.5. The summed E-state index contributed by atoms with van der Waals surface area (Å²) in [6.45, 7) is 1.75. The lowest BCUT2D eigenvalue weighted by Crippen LogP contribution is -2.36. The fourth-order valence-electron chi connectivity index (χ4n) is 1.99. The molecule has 116 valence electrons. The van der Waals surface area contributed by atoms with Crippen molar-refractivity contribution in [3.8, 4) is 0 Å². The minimum Gasteiger partial charge on any atom is -0.481 e. The Labute approximate surface area is 124 Å². The first-order valence-electron chi connectivity index (χ1n) is 6.75. The molecule has 0 aliphatic heterocycles. The SMILES string of the molecule is COCCNC(=O)CN(C)Cc1ccccc1CC(=O)O. The van der Waals surface area contributed by atoms with E-state index in [-0.39, 0.29) is 18.9 Å². The fourth-order valence-corrected chi connectivity index (χ4v) is 1.99. The number of rotatable bonds is 9. The van der Waals surface area contributed by atoms with Crippen molar-refractivity contribution in [1.82, 2.24) is 10.2 Å². The highest BCUT2D eigenvalue weighted by atomic mass is 16.5. The summed E-state index contributed by atoms with van der Waals surface area (Å²) in [6.07, 6.45) is -0.00987. The van der Waals surface area contributed by atoms with Gasteiger partial charge in [-0.3, -0.25) is 14.5 Å². The van der Waals surface area contributed by atoms with Gasteiger partial charge in [0.05, 0.1) is 19.6 Å². The van der Waals surface area contributed by atoms with Gasteiger partial charge >= 0.3 is 5.97 Å². The normalized spacial score (nSPS) is 10.6. The molecule has 1 amide bonds. The molecule has 2 N–H and O–H groups in total. The number of carboxylic acid groups (broad SMARTS) is 1. The van der Waals surface area contributed by atoms with E-state index in [1.165, 1.54) is 0 Å². The van der Waals surface area contributed by atoms with Crippen LogP contribution in [0.15, 0.2) is 24.3 Å². The lowest BCUT2D eigenvalue weighted by Gasteiger charge is -2.18. The molecule has 0 unspecified atom stereocenters. The van der Waals surface area contributed by atoms with Gasteiger partial charge in [-0.15, -0.1) is 0 Å². The van der Waals surface area contributed by atoms with Gasteiger partial charge in [0.2, 0.25) is 5.91 Å². The van der Waals surface area contributed by atoms with Crippen LogP contribution in [0.5, 0.6) is 0 Å². The maximum absolute atomic E-state index is 11.7. The van der Waals surface area contributed by atoms with Crippen LogP contribution >= 0.6 is 0 Å². The van der Waals surface area contributed by atoms with Gasteiger partial charge in [0.15, 0.2) is 0 Å². The average Bonchev–Trinajstić information content (AvgIpc) is 2.40. The number of likely N-dealkylation sites (N-methyl/N-ethyl adjacent to an activating group) is 1. The lowest BCUT2D eigenvalue weighted by molar-refractivity contribution is -0.136. The van der Waals surface area contributed by atoms with Crippen LogP contribution < -0.4 is 5.32 Å². The molecule has 6 heteroatoms. The molecule has 21 heavy (non-hydrogen) atoms. The molecular weight excluding hydrogens is 272 g/mol. The van der Waals surface area contributed by atoms with E-state index < -0.39 is 5.97 Å². The standard InChI is InChI=1S/C15H22N2O4/c1-17(11-14(18)16-7-8-21-2)10-13-6-4-3-5-12(13)9-15(19)20/h3-6H,7-11H2,1-2H3,(H,16,18)(H,19,20). The summed E-state index contributed by atoms with van der Waals surface area (Å²) in [6, 6.07) is 7.37. The maximum Gasteiger partial charge on any atom is 0.307 e. The van der Waals surface area contributed by atoms with E-state index in [0.29, 0.717) is 19.7 Å². The predicted octanol–water partition coefficient (Wildman–Crippen LogP) is 0.508. The first kappa shape index (κ1) is 17.1. The third kappa shape index (κ3) is 6.87. The van der Waals surface area contributed by atoms with Crippen molar-refractivity contribution in [2.75, 3.05) is 33.9 Å². The first-order chi connectivity index (χ1) is 10.0. The fraction of sp³-hybridized carbons (Fsp3) is 0.467. The van der Waals surface area contributed by atoms with Crippen molar-refractivity contribution in [1.29, 1.82) is 0 Å². The number of hydrogen-bond donors (Lipinski definition) is 2. The zero-order chi connectivity index (χ0) is 15.7. The van der Waals surface area contributed by atoms with Gasteiger partial charge in [0.1, 0.15) is 0 Å². The topological polar surface area (TPSA) is 78.9 Å². The van der Waals surface area contributed by atoms with Crippen molar-refractivity contribution in [2.45, 2.75) is 13.0 Å². The van der Waals surface area contributed by atoms with Gasteiger partial charge in [-0.2, -0.15) is 0 Å². The molecule has 0 radical (unpaired) electrons. The molecule has 0 spiro atoms. The predicted molar refractivity (Wildman–Crippen MR) is 79.0 cm³/mol. The highest BCUT2D eigenvalue weighted by Gasteiger charge is 2.10. The second-order valence-electron chi connectivity index (χ2n) is 4.85. The summed E-state index contributed by atoms with van der Waals surface area (Å²) < 4.78 is 4.86. The third-order valence-corrected chi connectivity index (χ3v) is 2.94. The highest BCUT2D eigenvalue weighted by Crippen LogP contribution is 2.11. The number of carbonyl (C=O) groups excluding carboxylic acids is 1. The van der Waals surface area contributed by atoms with Crippen LogP contribution in [0.4, 0.5) is 0 Å². The quantitative estimate of drug-likeness (QED) is 0.649. The van der Waals surface area contributed by atoms with Gasteiger partial charge in [0, 0.05) is 20.2 Å². The Hall–Kier alpha value is -1.92. The van der Waals surface area contributed by atoms with Gasteiger partial charge in [-0.1, -0.05) is 24.3 Å². The van der Waals surface area contributed by atoms with E-state index in [1.807, 2.05) is 30.1 Å². The van der Waals surface area contributed by atoms with E-state index in [4.69, 9.17) is 9.84 Å². The number of ether oxygens (including phenoxy) is 1. The summed E-state index contributed by atoms with van der Waals surface area (Å²) in [5.74, 6) is -0.937. The number of carbonyl (C=O) groups is 2. The van der Waals surface area contributed by atoms with Crippen LogP contribution in [-0.4, -0.2) is 55.7 Å². The van der Waals surface area contributed by atoms with Gasteiger partial charge < -0.3 is 15.2 Å². The summed E-state index contributed by atoms with van der Waals surface area (Å²) in [5.41, 5.74) is 1.70. The number of nitrogens with zero attached hydrogens (tertiary/aromatic N) is 1. The molecule has 1 aromatic rings. The second-order valence-corrected chi connectivity index (χ2v) is 4.85. The van der Waals surface area contributed by atoms with Crippen LogP contribution in [0.25, 0.3) is 0 Å². The van der Waals surface area contributed by atoms with Gasteiger partial charge in [0.25, 0.3) is 0 Å². The third-order valence-electron chi connectivity index (χ3n) is 2.94. The Morgan fingerprint density at radius 1 is 1.29 bits per heavy atom. The monoisotopic (exact) mass is 294 g/mol. The van der Waals surface area contributed by atoms with Crippen molar-refractivity contribution in [3.63, 3.8) is 0 Å². The molecule has 0 atom stereocenters. The van der Waals surface area contributed by atoms with Gasteiger partial charge in [-0.05, 0) is 18.2 Å². The second kappa shape index (κ2) is 9.10. The van der Waals surface area contributed by atoms with E-state index in [0.717, 1.165) is 11.1 Å². The Morgan fingerprint density at radius 2 is 1.95 bits per heavy atom. The molecule has 0 bridgehead atoms. The van der Waals surface area contributed by atoms with Crippen LogP contribution in [-0.2, 0) is 27.3 Å². The van der Waals surface area contributed by atoms with Crippen molar-refractivity contribution in [2.24, 2.45) is 0 Å². The largest absolute Gasteiger partial charge is 0.481 e. The lowest BCUT2D eigenvalue weighted by atomic mass is 10.0. The van der Waals surface area contributed by atoms with Gasteiger partial charge in [-0.25, -0.2) is 0 Å². The molecule has 0 saturated carbocycles. The minimum atomic E-state index is -0.859. The number of methoxy groups -OCH3 is 1. The molecule has 0 saturated heterocycles. The highest BCUT2D eigenvalue weighted by molar-refractivity contribution is 5.78. The van der Waals surface area contributed by atoms with Crippen molar-refractivity contribution >= 4 is 11.9 Å². The van der Waals surface area contributed by atoms with Crippen LogP contribution in [0.2, 0.25) is 0 Å². The van der Waals surface area contributed by atoms with Crippen LogP contribution in [0, 0.1) is 0 Å². The molecule has 0 aliphatic carbocycles. The molecule has 0 aliphatic rings. The molecule has 1 rings (SSSR count). The smallest absolute Gasteiger partial charge is 0.307 e. The van der Waals surface area contributed by atoms with Crippen molar-refractivity contribution in [3.05, 3.63) is 35.4 Å². The number of aliphatic carboxylic acids is 1. The Balaban J connectivity index is 2.52. The molecule has 6 nitrogen and oxygen atoms in total. The first-order valence-corrected chi connectivity index (χ1v) is 6.75. The van der Waals surface area contributed by atoms with E-state index in [1.54, 1.807) is 13.2 Å². The van der Waals surface area contributed by atoms with Crippen LogP contribution in [0.1, 0.15) is 11.1 Å². The summed E-state index contributed by atoms with van der Waals surface area (Å²) >= 11 is 0. The van der Waals surface area contributed by atoms with E-state index in [2.05, 4.69) is 5.32 Å². The molecular formula is C15H22N2O4. The number of nitrogens with one attached hydrogen (secondary N) is 1. The summed E-state index contributed by atoms with van der Waals surface area (Å²) in [7, 11) is 3.41. The number of amides is 1. The number of carboxylic acids is 1. The molecule has 0 fully saturated rings. The summed E-state index contributed by atoms with van der Waals surface area (Å²) in [4.78, 5) is 24.4. The maximum atomic E-state index is 11.7. The van der Waals surface area contributed by atoms with E-state index >= 15 is 0 Å². The molecule has 1 aromatic carbocycles. The zero-order valence-corrected chi connectivity index (χ0v) is 12.5. The number of benzene rings is 1. The Bertz CT molecular complexity index is 476. The summed E-state index contributed by atoms with van der Waals surface area (Å²) in [5, 5.41) is 11.6. The van der Waals surface area contributed by atoms with Crippen LogP contribution in [0.3, 0.4) is 0 Å². The molecule has 0 aromatic heterocycles.